The van der Waals surface area contributed by atoms with Crippen LogP contribution < -0.4 is 10.6 Å². The molecule has 10 heteroatoms. The third-order valence-corrected chi connectivity index (χ3v) is 6.79. The summed E-state index contributed by atoms with van der Waals surface area (Å²) in [6, 6.07) is 15.7. The number of phenolic OH excluding ortho intramolecular Hbond substituents is 2. The lowest BCUT2D eigenvalue weighted by molar-refractivity contribution is -0.137. The van der Waals surface area contributed by atoms with Gasteiger partial charge >= 0.3 is 6.18 Å². The lowest BCUT2D eigenvalue weighted by Gasteiger charge is -2.26. The maximum atomic E-state index is 13.3. The van der Waals surface area contributed by atoms with Crippen molar-refractivity contribution in [2.75, 3.05) is 18.5 Å². The lowest BCUT2D eigenvalue weighted by Crippen LogP contribution is -2.41. The zero-order chi connectivity index (χ0) is 28.0. The average Bonchev–Trinajstić information content (AvgIpc) is 3.37. The third-order valence-electron chi connectivity index (χ3n) is 6.79. The first-order valence-corrected chi connectivity index (χ1v) is 12.5. The Bertz CT molecular complexity index is 1300. The van der Waals surface area contributed by atoms with Gasteiger partial charge in [-0.25, -0.2) is 0 Å². The summed E-state index contributed by atoms with van der Waals surface area (Å²) < 4.78 is 45.3. The van der Waals surface area contributed by atoms with Crippen molar-refractivity contribution in [3.8, 4) is 11.5 Å². The molecule has 1 aliphatic heterocycles. The Hall–Kier alpha value is -4.05. The van der Waals surface area contributed by atoms with Gasteiger partial charge in [-0.15, -0.1) is 0 Å². The Kier molecular flexibility index (Phi) is 8.44. The highest BCUT2D eigenvalue weighted by Crippen LogP contribution is 2.37. The standard InChI is InChI=1S/C29H29F3N2O5/c30-29(31,32)24-4-1-2-5-25(24)34-21-9-7-19(8-10-21)17-33-27(38)28(12-13-39-18-28)11-3-6-26(37)20-14-22(35)16-23(36)15-20/h1-2,4-5,7-10,14-16,34-36H,3,6,11-13,17-18H2,(H,33,38)/t28-/m1/s1. The number of amides is 1. The Morgan fingerprint density at radius 2 is 1.67 bits per heavy atom. The van der Waals surface area contributed by atoms with Gasteiger partial charge in [0.25, 0.3) is 0 Å². The van der Waals surface area contributed by atoms with Crippen LogP contribution in [0.2, 0.25) is 0 Å². The number of carbonyl (C=O) groups excluding carboxylic acids is 2. The molecule has 1 saturated heterocycles. The number of phenols is 2. The monoisotopic (exact) mass is 542 g/mol. The van der Waals surface area contributed by atoms with Gasteiger partial charge in [0.15, 0.2) is 5.78 Å². The maximum absolute atomic E-state index is 13.3. The molecule has 0 aromatic heterocycles. The van der Waals surface area contributed by atoms with Crippen molar-refractivity contribution in [2.24, 2.45) is 5.41 Å². The molecule has 0 unspecified atom stereocenters. The predicted molar refractivity (Wildman–Crippen MR) is 139 cm³/mol. The predicted octanol–water partition coefficient (Wildman–Crippen LogP) is 5.94. The van der Waals surface area contributed by atoms with Crippen LogP contribution in [0, 0.1) is 5.41 Å². The smallest absolute Gasteiger partial charge is 0.418 e. The van der Waals surface area contributed by atoms with Crippen LogP contribution in [0.25, 0.3) is 0 Å². The van der Waals surface area contributed by atoms with Gasteiger partial charge in [0.1, 0.15) is 11.5 Å². The van der Waals surface area contributed by atoms with Crippen LogP contribution in [0.1, 0.15) is 47.2 Å². The van der Waals surface area contributed by atoms with Crippen molar-refractivity contribution < 1.29 is 37.7 Å². The van der Waals surface area contributed by atoms with E-state index in [0.717, 1.165) is 17.7 Å². The van der Waals surface area contributed by atoms with Gasteiger partial charge in [0.05, 0.1) is 23.3 Å². The molecule has 7 nitrogen and oxygen atoms in total. The summed E-state index contributed by atoms with van der Waals surface area (Å²) in [6.07, 6.45) is -2.97. The quantitative estimate of drug-likeness (QED) is 0.236. The third kappa shape index (κ3) is 7.08. The fraction of sp³-hybridized carbons (Fsp3) is 0.310. The second-order valence-corrected chi connectivity index (χ2v) is 9.65. The second-order valence-electron chi connectivity index (χ2n) is 9.65. The summed E-state index contributed by atoms with van der Waals surface area (Å²) in [5.74, 6) is -0.840. The molecule has 0 aliphatic carbocycles. The minimum atomic E-state index is -4.48. The molecule has 1 fully saturated rings. The van der Waals surface area contributed by atoms with E-state index in [4.69, 9.17) is 4.74 Å². The summed E-state index contributed by atoms with van der Waals surface area (Å²) in [7, 11) is 0. The van der Waals surface area contributed by atoms with Crippen LogP contribution in [0.4, 0.5) is 24.5 Å². The van der Waals surface area contributed by atoms with Gasteiger partial charge in [0.2, 0.25) is 5.91 Å². The summed E-state index contributed by atoms with van der Waals surface area (Å²) >= 11 is 0. The highest BCUT2D eigenvalue weighted by Gasteiger charge is 2.41. The average molecular weight is 543 g/mol. The molecule has 1 aliphatic rings. The minimum absolute atomic E-state index is 0.0476. The number of anilines is 2. The molecule has 0 spiro atoms. The number of rotatable bonds is 10. The summed E-state index contributed by atoms with van der Waals surface area (Å²) in [5.41, 5.74) is -0.128. The van der Waals surface area contributed by atoms with Crippen molar-refractivity contribution in [1.29, 1.82) is 0 Å². The number of ketones is 1. The van der Waals surface area contributed by atoms with Crippen molar-refractivity contribution in [3.63, 3.8) is 0 Å². The molecule has 1 heterocycles. The first kappa shape index (κ1) is 28.0. The van der Waals surface area contributed by atoms with Crippen LogP contribution in [0.3, 0.4) is 0 Å². The van der Waals surface area contributed by atoms with Crippen LogP contribution >= 0.6 is 0 Å². The van der Waals surface area contributed by atoms with Gasteiger partial charge in [0, 0.05) is 36.9 Å². The molecule has 1 amide bonds. The largest absolute Gasteiger partial charge is 0.508 e. The first-order chi connectivity index (χ1) is 18.6. The molecule has 3 aromatic rings. The first-order valence-electron chi connectivity index (χ1n) is 12.5. The molecule has 0 radical (unpaired) electrons. The topological polar surface area (TPSA) is 108 Å². The van der Waals surface area contributed by atoms with Gasteiger partial charge in [-0.05, 0) is 61.2 Å². The lowest BCUT2D eigenvalue weighted by atomic mass is 9.80. The fourth-order valence-electron chi connectivity index (χ4n) is 4.66. The molecule has 3 aromatic carbocycles. The summed E-state index contributed by atoms with van der Waals surface area (Å²) in [4.78, 5) is 25.7. The number of benzene rings is 3. The highest BCUT2D eigenvalue weighted by molar-refractivity contribution is 5.96. The van der Waals surface area contributed by atoms with Gasteiger partial charge in [-0.2, -0.15) is 13.2 Å². The van der Waals surface area contributed by atoms with Crippen LogP contribution in [0.15, 0.2) is 66.7 Å². The Balaban J connectivity index is 1.32. The molecule has 1 atom stereocenters. The number of hydrogen-bond acceptors (Lipinski definition) is 6. The number of aromatic hydroxyl groups is 2. The molecule has 0 bridgehead atoms. The molecular weight excluding hydrogens is 513 g/mol. The normalized spacial score (nSPS) is 17.1. The second kappa shape index (κ2) is 11.8. The van der Waals surface area contributed by atoms with Crippen molar-refractivity contribution in [3.05, 3.63) is 83.4 Å². The van der Waals surface area contributed by atoms with E-state index in [1.165, 1.54) is 30.3 Å². The Morgan fingerprint density at radius 1 is 0.974 bits per heavy atom. The van der Waals surface area contributed by atoms with E-state index in [9.17, 15) is 33.0 Å². The van der Waals surface area contributed by atoms with E-state index in [1.807, 2.05) is 0 Å². The number of para-hydroxylation sites is 1. The summed E-state index contributed by atoms with van der Waals surface area (Å²) in [5, 5.41) is 24.9. The zero-order valence-corrected chi connectivity index (χ0v) is 21.1. The van der Waals surface area contributed by atoms with Gasteiger partial charge in [-0.1, -0.05) is 24.3 Å². The maximum Gasteiger partial charge on any atom is 0.418 e. The molecule has 4 N–H and O–H groups in total. The molecule has 4 rings (SSSR count). The Morgan fingerprint density at radius 3 is 2.31 bits per heavy atom. The summed E-state index contributed by atoms with van der Waals surface area (Å²) in [6.45, 7) is 0.893. The number of Topliss-reactive ketones (excluding diaryl/α,β-unsaturated/α-hetero) is 1. The number of halogens is 3. The Labute approximate surface area is 223 Å². The van der Waals surface area contributed by atoms with E-state index in [-0.39, 0.29) is 54.0 Å². The van der Waals surface area contributed by atoms with E-state index in [1.54, 1.807) is 24.3 Å². The van der Waals surface area contributed by atoms with E-state index in [0.29, 0.717) is 31.6 Å². The molecule has 0 saturated carbocycles. The number of hydrogen-bond donors (Lipinski definition) is 4. The number of carbonyl (C=O) groups is 2. The van der Waals surface area contributed by atoms with Crippen LogP contribution in [-0.4, -0.2) is 35.1 Å². The minimum Gasteiger partial charge on any atom is -0.508 e. The number of alkyl halides is 3. The van der Waals surface area contributed by atoms with Crippen LogP contribution in [0.5, 0.6) is 11.5 Å². The van der Waals surface area contributed by atoms with Crippen molar-refractivity contribution in [1.82, 2.24) is 5.32 Å². The van der Waals surface area contributed by atoms with Crippen molar-refractivity contribution in [2.45, 2.75) is 38.4 Å². The molecule has 206 valence electrons. The highest BCUT2D eigenvalue weighted by atomic mass is 19.4. The van der Waals surface area contributed by atoms with Gasteiger partial charge < -0.3 is 25.6 Å². The van der Waals surface area contributed by atoms with Gasteiger partial charge in [-0.3, -0.25) is 9.59 Å². The van der Waals surface area contributed by atoms with Crippen LogP contribution in [-0.2, 0) is 22.3 Å². The SMILES string of the molecule is O=C(CCC[C@@]1(C(=O)NCc2ccc(Nc3ccccc3C(F)(F)F)cc2)CCOC1)c1cc(O)cc(O)c1. The molecule has 39 heavy (non-hydrogen) atoms. The van der Waals surface area contributed by atoms with E-state index < -0.39 is 17.2 Å². The van der Waals surface area contributed by atoms with E-state index in [2.05, 4.69) is 10.6 Å². The zero-order valence-electron chi connectivity index (χ0n) is 21.1. The fourth-order valence-corrected chi connectivity index (χ4v) is 4.66. The van der Waals surface area contributed by atoms with E-state index >= 15 is 0 Å². The van der Waals surface area contributed by atoms with Crippen molar-refractivity contribution >= 4 is 23.1 Å². The molecular formula is C29H29F3N2O5. The number of ether oxygens (including phenoxy) is 1. The number of nitrogens with one attached hydrogen (secondary N) is 2.